The number of fused-ring (bicyclic) bond motifs is 3. The van der Waals surface area contributed by atoms with E-state index in [-0.39, 0.29) is 6.42 Å². The quantitative estimate of drug-likeness (QED) is 0.588. The van der Waals surface area contributed by atoms with E-state index in [4.69, 9.17) is 5.11 Å². The first kappa shape index (κ1) is 13.3. The van der Waals surface area contributed by atoms with Gasteiger partial charge in [-0.15, -0.1) is 0 Å². The highest BCUT2D eigenvalue weighted by molar-refractivity contribution is 6.21. The topological polar surface area (TPSA) is 73.7 Å². The van der Waals surface area contributed by atoms with E-state index >= 15 is 0 Å². The molecule has 0 aliphatic heterocycles. The van der Waals surface area contributed by atoms with Gasteiger partial charge in [0.1, 0.15) is 0 Å². The molecule has 0 atom stereocenters. The zero-order chi connectivity index (χ0) is 14.8. The minimum Gasteiger partial charge on any atom is -0.481 e. The van der Waals surface area contributed by atoms with Crippen molar-refractivity contribution < 1.29 is 14.7 Å². The van der Waals surface area contributed by atoms with Gasteiger partial charge in [0.2, 0.25) is 0 Å². The van der Waals surface area contributed by atoms with E-state index in [2.05, 4.69) is 4.79 Å². The Balaban J connectivity index is 1.96. The Morgan fingerprint density at radius 1 is 1.05 bits per heavy atom. The van der Waals surface area contributed by atoms with Gasteiger partial charge in [-0.3, -0.25) is 4.79 Å². The molecule has 1 N–H and O–H groups in total. The average molecular weight is 278 g/mol. The van der Waals surface area contributed by atoms with Crippen LogP contribution in [0.1, 0.15) is 29.5 Å². The van der Waals surface area contributed by atoms with Crippen LogP contribution in [0.3, 0.4) is 0 Å². The van der Waals surface area contributed by atoms with Gasteiger partial charge in [0.15, 0.2) is 0 Å². The largest absolute Gasteiger partial charge is 0.481 e. The lowest BCUT2D eigenvalue weighted by Gasteiger charge is -2.03. The normalized spacial score (nSPS) is 11.7. The fourth-order valence-electron chi connectivity index (χ4n) is 2.80. The van der Waals surface area contributed by atoms with Gasteiger partial charge >= 0.3 is 11.7 Å². The van der Waals surface area contributed by atoms with Gasteiger partial charge in [0, 0.05) is 6.42 Å². The highest BCUT2D eigenvalue weighted by Gasteiger charge is 2.30. The molecular weight excluding hydrogens is 264 g/mol. The molecule has 2 aromatic carbocycles. The van der Waals surface area contributed by atoms with Gasteiger partial charge < -0.3 is 10.6 Å². The Morgan fingerprint density at radius 2 is 1.76 bits per heavy atom. The molecule has 0 saturated heterocycles. The van der Waals surface area contributed by atoms with E-state index in [1.807, 2.05) is 42.5 Å². The Bertz CT molecular complexity index is 774. The zero-order valence-corrected chi connectivity index (χ0v) is 11.4. The minimum atomic E-state index is -0.777. The summed E-state index contributed by atoms with van der Waals surface area (Å²) in [4.78, 5) is 14.0. The van der Waals surface area contributed by atoms with E-state index in [1.165, 1.54) is 0 Å². The van der Waals surface area contributed by atoms with Crippen molar-refractivity contribution in [2.75, 3.05) is 0 Å². The summed E-state index contributed by atoms with van der Waals surface area (Å²) in [5, 5.41) is 8.69. The molecule has 1 aliphatic carbocycles. The van der Waals surface area contributed by atoms with Gasteiger partial charge in [-0.2, -0.15) is 4.79 Å². The molecule has 0 radical (unpaired) electrons. The van der Waals surface area contributed by atoms with Crippen molar-refractivity contribution in [2.45, 2.75) is 19.3 Å². The number of hydrogen-bond acceptors (Lipinski definition) is 1. The third-order valence-corrected chi connectivity index (χ3v) is 3.77. The number of aliphatic carboxylic acids is 1. The first-order valence-corrected chi connectivity index (χ1v) is 6.87. The van der Waals surface area contributed by atoms with Crippen molar-refractivity contribution in [2.24, 2.45) is 0 Å². The second kappa shape index (κ2) is 5.35. The highest BCUT2D eigenvalue weighted by atomic mass is 16.4. The zero-order valence-electron chi connectivity index (χ0n) is 11.4. The van der Waals surface area contributed by atoms with Crippen LogP contribution in [0.15, 0.2) is 42.5 Å². The molecule has 1 aliphatic rings. The Kier molecular flexibility index (Phi) is 3.38. The van der Waals surface area contributed by atoms with Crippen molar-refractivity contribution in [1.82, 2.24) is 0 Å². The fourth-order valence-corrected chi connectivity index (χ4v) is 2.80. The second-order valence-corrected chi connectivity index (χ2v) is 5.12. The Labute approximate surface area is 122 Å². The molecule has 0 aromatic heterocycles. The summed E-state index contributed by atoms with van der Waals surface area (Å²) in [5.74, 6) is -0.777. The molecule has 21 heavy (non-hydrogen) atoms. The second-order valence-electron chi connectivity index (χ2n) is 5.12. The van der Waals surface area contributed by atoms with Gasteiger partial charge in [0.05, 0.1) is 11.1 Å². The van der Waals surface area contributed by atoms with Crippen LogP contribution in [0.25, 0.3) is 16.7 Å². The number of hydrogen-bond donors (Lipinski definition) is 1. The molecule has 4 heteroatoms. The summed E-state index contributed by atoms with van der Waals surface area (Å²) in [5.41, 5.74) is 14.9. The summed E-state index contributed by atoms with van der Waals surface area (Å²) in [6.45, 7) is 0. The van der Waals surface area contributed by atoms with E-state index in [0.717, 1.165) is 27.8 Å². The van der Waals surface area contributed by atoms with Crippen LogP contribution in [-0.4, -0.2) is 21.6 Å². The lowest BCUT2D eigenvalue weighted by atomic mass is 10.0. The monoisotopic (exact) mass is 278 g/mol. The number of rotatable bonds is 4. The molecule has 0 unspecified atom stereocenters. The van der Waals surface area contributed by atoms with Gasteiger partial charge in [-0.25, -0.2) is 0 Å². The van der Waals surface area contributed by atoms with Crippen LogP contribution in [0.5, 0.6) is 0 Å². The van der Waals surface area contributed by atoms with Crippen molar-refractivity contribution in [3.8, 4) is 11.1 Å². The van der Waals surface area contributed by atoms with Gasteiger partial charge in [-0.05, 0) is 41.7 Å². The van der Waals surface area contributed by atoms with E-state index < -0.39 is 5.97 Å². The maximum Gasteiger partial charge on any atom is 0.330 e. The highest BCUT2D eigenvalue weighted by Crippen LogP contribution is 2.36. The third kappa shape index (κ3) is 2.37. The van der Waals surface area contributed by atoms with Crippen molar-refractivity contribution in [1.29, 1.82) is 0 Å². The van der Waals surface area contributed by atoms with Crippen LogP contribution in [0.2, 0.25) is 0 Å². The summed E-state index contributed by atoms with van der Waals surface area (Å²) in [7, 11) is 0. The summed E-state index contributed by atoms with van der Waals surface area (Å²) >= 11 is 0. The lowest BCUT2D eigenvalue weighted by Crippen LogP contribution is -2.00. The van der Waals surface area contributed by atoms with Crippen LogP contribution < -0.4 is 0 Å². The minimum absolute atomic E-state index is 0.165. The molecule has 4 nitrogen and oxygen atoms in total. The first-order valence-electron chi connectivity index (χ1n) is 6.87. The SMILES string of the molecule is [N-]=[N+]=C1c2ccccc2-c2ccc(CCCC(=O)O)cc21. The standard InChI is InChI=1S/C17H14N2O2/c18-19-17-14-6-2-1-5-12(14)13-9-8-11(10-15(13)17)4-3-7-16(20)21/h1-2,5-6,8-10H,3-4,7H2,(H,20,21). The van der Waals surface area contributed by atoms with Crippen molar-refractivity contribution in [3.05, 3.63) is 64.7 Å². The van der Waals surface area contributed by atoms with E-state index in [1.54, 1.807) is 0 Å². The van der Waals surface area contributed by atoms with Crippen molar-refractivity contribution in [3.63, 3.8) is 0 Å². The number of aryl methyl sites for hydroxylation is 1. The van der Waals surface area contributed by atoms with E-state index in [0.29, 0.717) is 18.6 Å². The molecule has 0 amide bonds. The number of nitrogens with zero attached hydrogens (tertiary/aromatic N) is 2. The summed E-state index contributed by atoms with van der Waals surface area (Å²) in [6.07, 6.45) is 1.47. The number of carboxylic acid groups (broad SMARTS) is 1. The van der Waals surface area contributed by atoms with Crippen LogP contribution in [0, 0.1) is 0 Å². The third-order valence-electron chi connectivity index (χ3n) is 3.77. The summed E-state index contributed by atoms with van der Waals surface area (Å²) < 4.78 is 0. The molecule has 0 heterocycles. The fraction of sp³-hybridized carbons (Fsp3) is 0.176. The molecule has 0 fully saturated rings. The van der Waals surface area contributed by atoms with Crippen LogP contribution in [-0.2, 0) is 11.2 Å². The predicted molar refractivity (Wildman–Crippen MR) is 79.3 cm³/mol. The molecule has 104 valence electrons. The molecule has 0 bridgehead atoms. The molecule has 0 spiro atoms. The van der Waals surface area contributed by atoms with Crippen LogP contribution >= 0.6 is 0 Å². The number of carboxylic acids is 1. The van der Waals surface area contributed by atoms with Crippen LogP contribution in [0.4, 0.5) is 0 Å². The molecule has 0 saturated carbocycles. The van der Waals surface area contributed by atoms with Gasteiger partial charge in [-0.1, -0.05) is 30.3 Å². The average Bonchev–Trinajstić information content (AvgIpc) is 2.80. The molecule has 2 aromatic rings. The number of carbonyl (C=O) groups is 1. The summed E-state index contributed by atoms with van der Waals surface area (Å²) in [6, 6.07) is 13.9. The van der Waals surface area contributed by atoms with Crippen molar-refractivity contribution >= 4 is 11.7 Å². The number of benzene rings is 2. The Hall–Kier alpha value is -2.71. The smallest absolute Gasteiger partial charge is 0.330 e. The molecular formula is C17H14N2O2. The van der Waals surface area contributed by atoms with E-state index in [9.17, 15) is 10.3 Å². The first-order chi connectivity index (χ1) is 10.2. The predicted octanol–water partition coefficient (Wildman–Crippen LogP) is 3.14. The maximum atomic E-state index is 10.6. The maximum absolute atomic E-state index is 10.6. The lowest BCUT2D eigenvalue weighted by molar-refractivity contribution is -0.137. The van der Waals surface area contributed by atoms with Gasteiger partial charge in [0.25, 0.3) is 0 Å². The molecule has 3 rings (SSSR count). The Morgan fingerprint density at radius 3 is 2.48 bits per heavy atom.